The van der Waals surface area contributed by atoms with Gasteiger partial charge in [0.1, 0.15) is 11.4 Å². The fourth-order valence-electron chi connectivity index (χ4n) is 3.55. The molecule has 0 saturated carbocycles. The lowest BCUT2D eigenvalue weighted by atomic mass is 9.91. The van der Waals surface area contributed by atoms with Crippen LogP contribution in [-0.2, 0) is 12.6 Å². The first-order valence-electron chi connectivity index (χ1n) is 6.05. The van der Waals surface area contributed by atoms with E-state index < -0.39 is 5.60 Å². The molecule has 3 unspecified atom stereocenters. The van der Waals surface area contributed by atoms with Gasteiger partial charge in [-0.05, 0) is 19.9 Å². The highest BCUT2D eigenvalue weighted by Crippen LogP contribution is 2.46. The SMILES string of the molecule is CN1C2CCCC1C(O)(c1nccn1C)C2. The van der Waals surface area contributed by atoms with Crippen LogP contribution in [0.2, 0.25) is 0 Å². The van der Waals surface area contributed by atoms with Crippen molar-refractivity contribution < 1.29 is 5.11 Å². The Balaban J connectivity index is 2.03. The van der Waals surface area contributed by atoms with Crippen LogP contribution in [0.5, 0.6) is 0 Å². The number of hydrogen-bond donors (Lipinski definition) is 1. The van der Waals surface area contributed by atoms with Gasteiger partial charge in [-0.3, -0.25) is 4.90 Å². The number of likely N-dealkylation sites (N-methyl/N-ethyl adjacent to an activating group) is 1. The van der Waals surface area contributed by atoms with Crippen molar-refractivity contribution in [3.63, 3.8) is 0 Å². The molecule has 2 fully saturated rings. The summed E-state index contributed by atoms with van der Waals surface area (Å²) in [6, 6.07) is 0.771. The summed E-state index contributed by atoms with van der Waals surface area (Å²) in [6.45, 7) is 0. The molecule has 1 aromatic heterocycles. The predicted octanol–water partition coefficient (Wildman–Crippen LogP) is 0.864. The molecule has 0 aromatic carbocycles. The average molecular weight is 221 g/mol. The van der Waals surface area contributed by atoms with Crippen molar-refractivity contribution in [3.05, 3.63) is 18.2 Å². The first kappa shape index (κ1) is 10.3. The second kappa shape index (κ2) is 3.31. The van der Waals surface area contributed by atoms with Gasteiger partial charge in [0.15, 0.2) is 0 Å². The van der Waals surface area contributed by atoms with Gasteiger partial charge in [0.2, 0.25) is 0 Å². The van der Waals surface area contributed by atoms with Gasteiger partial charge in [-0.1, -0.05) is 6.42 Å². The summed E-state index contributed by atoms with van der Waals surface area (Å²) in [6.07, 6.45) is 8.03. The Bertz CT molecular complexity index is 403. The summed E-state index contributed by atoms with van der Waals surface area (Å²) in [5.74, 6) is 0.828. The number of aliphatic hydroxyl groups is 1. The summed E-state index contributed by atoms with van der Waals surface area (Å²) in [7, 11) is 4.10. The van der Waals surface area contributed by atoms with Gasteiger partial charge < -0.3 is 9.67 Å². The van der Waals surface area contributed by atoms with Crippen molar-refractivity contribution in [2.24, 2.45) is 7.05 Å². The van der Waals surface area contributed by atoms with Crippen LogP contribution >= 0.6 is 0 Å². The van der Waals surface area contributed by atoms with Crippen LogP contribution in [0.25, 0.3) is 0 Å². The first-order chi connectivity index (χ1) is 7.63. The van der Waals surface area contributed by atoms with Crippen molar-refractivity contribution in [2.45, 2.75) is 43.4 Å². The van der Waals surface area contributed by atoms with E-state index in [2.05, 4.69) is 16.9 Å². The lowest BCUT2D eigenvalue weighted by Gasteiger charge is -2.35. The number of imidazole rings is 1. The molecule has 88 valence electrons. The molecule has 1 aromatic rings. The summed E-state index contributed by atoms with van der Waals surface area (Å²) in [5, 5.41) is 10.9. The number of hydrogen-bond acceptors (Lipinski definition) is 3. The zero-order valence-electron chi connectivity index (χ0n) is 9.93. The van der Waals surface area contributed by atoms with Crippen LogP contribution in [0.1, 0.15) is 31.5 Å². The number of fused-ring (bicyclic) bond motifs is 2. The molecule has 16 heavy (non-hydrogen) atoms. The third kappa shape index (κ3) is 1.20. The fourth-order valence-corrected chi connectivity index (χ4v) is 3.55. The summed E-state index contributed by atoms with van der Waals surface area (Å²) >= 11 is 0. The highest BCUT2D eigenvalue weighted by molar-refractivity contribution is 5.16. The number of nitrogens with zero attached hydrogens (tertiary/aromatic N) is 3. The zero-order valence-corrected chi connectivity index (χ0v) is 9.93. The van der Waals surface area contributed by atoms with E-state index in [0.29, 0.717) is 6.04 Å². The molecular weight excluding hydrogens is 202 g/mol. The van der Waals surface area contributed by atoms with Gasteiger partial charge >= 0.3 is 0 Å². The maximum Gasteiger partial charge on any atom is 0.142 e. The van der Waals surface area contributed by atoms with Crippen molar-refractivity contribution in [3.8, 4) is 0 Å². The second-order valence-electron chi connectivity index (χ2n) is 5.26. The minimum Gasteiger partial charge on any atom is -0.380 e. The van der Waals surface area contributed by atoms with Gasteiger partial charge in [0.25, 0.3) is 0 Å². The maximum atomic E-state index is 10.9. The molecule has 2 aliphatic heterocycles. The van der Waals surface area contributed by atoms with Crippen molar-refractivity contribution in [1.29, 1.82) is 0 Å². The van der Waals surface area contributed by atoms with E-state index in [1.807, 2.05) is 17.8 Å². The molecule has 0 amide bonds. The Morgan fingerprint density at radius 2 is 2.25 bits per heavy atom. The first-order valence-corrected chi connectivity index (χ1v) is 6.05. The third-order valence-corrected chi connectivity index (χ3v) is 4.39. The normalized spacial score (nSPS) is 39.2. The lowest BCUT2D eigenvalue weighted by molar-refractivity contribution is -0.0123. The van der Waals surface area contributed by atoms with Crippen LogP contribution in [0, 0.1) is 0 Å². The van der Waals surface area contributed by atoms with E-state index >= 15 is 0 Å². The molecule has 3 rings (SSSR count). The largest absolute Gasteiger partial charge is 0.380 e. The molecular formula is C12H19N3O. The summed E-state index contributed by atoms with van der Waals surface area (Å²) in [4.78, 5) is 6.70. The van der Waals surface area contributed by atoms with Crippen LogP contribution in [-0.4, -0.2) is 38.7 Å². The molecule has 0 radical (unpaired) electrons. The number of aromatic nitrogens is 2. The van der Waals surface area contributed by atoms with E-state index in [0.717, 1.165) is 18.7 Å². The van der Waals surface area contributed by atoms with Gasteiger partial charge in [-0.2, -0.15) is 0 Å². The lowest BCUT2D eigenvalue weighted by Crippen LogP contribution is -2.44. The molecule has 0 spiro atoms. The van der Waals surface area contributed by atoms with E-state index in [9.17, 15) is 5.11 Å². The second-order valence-corrected chi connectivity index (χ2v) is 5.26. The van der Waals surface area contributed by atoms with E-state index in [-0.39, 0.29) is 6.04 Å². The van der Waals surface area contributed by atoms with Crippen molar-refractivity contribution in [2.75, 3.05) is 7.05 Å². The third-order valence-electron chi connectivity index (χ3n) is 4.39. The van der Waals surface area contributed by atoms with E-state index in [4.69, 9.17) is 0 Å². The monoisotopic (exact) mass is 221 g/mol. The Hall–Kier alpha value is -0.870. The van der Waals surface area contributed by atoms with Crippen LogP contribution in [0.4, 0.5) is 0 Å². The highest BCUT2D eigenvalue weighted by atomic mass is 16.3. The van der Waals surface area contributed by atoms with E-state index in [1.54, 1.807) is 6.20 Å². The molecule has 0 aliphatic carbocycles. The predicted molar refractivity (Wildman–Crippen MR) is 60.9 cm³/mol. The standard InChI is InChI=1S/C12H19N3O/c1-14-7-6-13-11(14)12(16)8-9-4-3-5-10(12)15(9)2/h6-7,9-10,16H,3-5,8H2,1-2H3. The minimum atomic E-state index is -0.742. The van der Waals surface area contributed by atoms with Gasteiger partial charge in [0, 0.05) is 37.9 Å². The maximum absolute atomic E-state index is 10.9. The molecule has 4 heteroatoms. The van der Waals surface area contributed by atoms with Crippen LogP contribution < -0.4 is 0 Å². The summed E-state index contributed by atoms with van der Waals surface area (Å²) in [5.41, 5.74) is -0.742. The molecule has 4 nitrogen and oxygen atoms in total. The Morgan fingerprint density at radius 3 is 2.88 bits per heavy atom. The molecule has 2 aliphatic rings. The number of piperidine rings is 1. The topological polar surface area (TPSA) is 41.3 Å². The Morgan fingerprint density at radius 1 is 1.44 bits per heavy atom. The molecule has 1 N–H and O–H groups in total. The van der Waals surface area contributed by atoms with Gasteiger partial charge in [-0.15, -0.1) is 0 Å². The number of aryl methyl sites for hydroxylation is 1. The fraction of sp³-hybridized carbons (Fsp3) is 0.750. The highest BCUT2D eigenvalue weighted by Gasteiger charge is 2.54. The van der Waals surface area contributed by atoms with Crippen LogP contribution in [0.3, 0.4) is 0 Å². The smallest absolute Gasteiger partial charge is 0.142 e. The van der Waals surface area contributed by atoms with Gasteiger partial charge in [0.05, 0.1) is 0 Å². The zero-order chi connectivity index (χ0) is 11.3. The van der Waals surface area contributed by atoms with Crippen molar-refractivity contribution >= 4 is 0 Å². The van der Waals surface area contributed by atoms with E-state index in [1.165, 1.54) is 12.8 Å². The molecule has 3 heterocycles. The van der Waals surface area contributed by atoms with Crippen LogP contribution in [0.15, 0.2) is 12.4 Å². The van der Waals surface area contributed by atoms with Crippen molar-refractivity contribution in [1.82, 2.24) is 14.5 Å². The molecule has 2 bridgehead atoms. The molecule has 3 atom stereocenters. The summed E-state index contributed by atoms with van der Waals surface area (Å²) < 4.78 is 1.95. The minimum absolute atomic E-state index is 0.243. The average Bonchev–Trinajstić information content (AvgIpc) is 2.70. The number of rotatable bonds is 1. The van der Waals surface area contributed by atoms with Gasteiger partial charge in [-0.25, -0.2) is 4.98 Å². The Kier molecular flexibility index (Phi) is 2.13. The Labute approximate surface area is 95.9 Å². The molecule has 2 saturated heterocycles. The quantitative estimate of drug-likeness (QED) is 0.765.